The molecular formula is C15H14O4. The third-order valence-corrected chi connectivity index (χ3v) is 3.20. The van der Waals surface area contributed by atoms with Crippen LogP contribution in [0.1, 0.15) is 37.0 Å². The van der Waals surface area contributed by atoms with Crippen LogP contribution in [0.25, 0.3) is 0 Å². The van der Waals surface area contributed by atoms with Crippen LogP contribution >= 0.6 is 0 Å². The Labute approximate surface area is 111 Å². The van der Waals surface area contributed by atoms with Crippen LogP contribution in [0.3, 0.4) is 0 Å². The van der Waals surface area contributed by atoms with E-state index in [9.17, 15) is 9.59 Å². The van der Waals surface area contributed by atoms with Gasteiger partial charge in [0.25, 0.3) is 0 Å². The first-order valence-corrected chi connectivity index (χ1v) is 6.32. The fourth-order valence-electron chi connectivity index (χ4n) is 1.96. The largest absolute Gasteiger partial charge is 0.452 e. The van der Waals surface area contributed by atoms with E-state index < -0.39 is 0 Å². The number of allylic oxidation sites excluding steroid dienone is 2. The molecule has 0 spiro atoms. The molecule has 3 rings (SSSR count). The van der Waals surface area contributed by atoms with E-state index in [-0.39, 0.29) is 17.7 Å². The van der Waals surface area contributed by atoms with E-state index in [1.54, 1.807) is 18.2 Å². The van der Waals surface area contributed by atoms with Crippen molar-refractivity contribution in [3.63, 3.8) is 0 Å². The lowest BCUT2D eigenvalue weighted by atomic mass is 10.1. The molecule has 0 unspecified atom stereocenters. The Morgan fingerprint density at radius 2 is 2.05 bits per heavy atom. The second kappa shape index (κ2) is 4.23. The first-order chi connectivity index (χ1) is 9.06. The first-order valence-electron chi connectivity index (χ1n) is 6.32. The Bertz CT molecular complexity index is 605. The number of hydrogen-bond donors (Lipinski definition) is 0. The smallest absolute Gasteiger partial charge is 0.314 e. The molecule has 19 heavy (non-hydrogen) atoms. The maximum atomic E-state index is 12.0. The van der Waals surface area contributed by atoms with Crippen molar-refractivity contribution < 1.29 is 19.1 Å². The number of carbonyl (C=O) groups is 2. The Balaban J connectivity index is 1.86. The summed E-state index contributed by atoms with van der Waals surface area (Å²) in [5, 5.41) is 0. The molecule has 98 valence electrons. The average molecular weight is 258 g/mol. The molecule has 2 aliphatic rings. The lowest BCUT2D eigenvalue weighted by Gasteiger charge is -2.04. The first kappa shape index (κ1) is 12.0. The van der Waals surface area contributed by atoms with Gasteiger partial charge in [-0.25, -0.2) is 0 Å². The predicted molar refractivity (Wildman–Crippen MR) is 68.1 cm³/mol. The van der Waals surface area contributed by atoms with Crippen LogP contribution in [0, 0.1) is 5.92 Å². The fraction of sp³-hybridized carbons (Fsp3) is 0.333. The zero-order valence-corrected chi connectivity index (χ0v) is 10.9. The quantitative estimate of drug-likeness (QED) is 0.465. The standard InChI is InChI=1S/C15H14O4/c1-8(2)14-13(16)11-6-5-10(7-12(11)19-14)18-15(17)9-3-4-9/h5-7,9H,3-4H2,1-2H3. The number of hydrogen-bond acceptors (Lipinski definition) is 4. The van der Waals surface area contributed by atoms with E-state index in [1.165, 1.54) is 0 Å². The molecule has 0 atom stereocenters. The molecule has 1 fully saturated rings. The monoisotopic (exact) mass is 258 g/mol. The minimum atomic E-state index is -0.202. The van der Waals surface area contributed by atoms with Gasteiger partial charge in [0, 0.05) is 6.07 Å². The molecule has 1 heterocycles. The van der Waals surface area contributed by atoms with Gasteiger partial charge in [-0.3, -0.25) is 9.59 Å². The summed E-state index contributed by atoms with van der Waals surface area (Å²) < 4.78 is 10.8. The molecule has 0 saturated heterocycles. The molecule has 1 saturated carbocycles. The number of ketones is 1. The number of rotatable bonds is 2. The van der Waals surface area contributed by atoms with Crippen molar-refractivity contribution in [3.8, 4) is 11.5 Å². The third-order valence-electron chi connectivity index (χ3n) is 3.20. The van der Waals surface area contributed by atoms with Gasteiger partial charge in [-0.15, -0.1) is 0 Å². The highest BCUT2D eigenvalue weighted by molar-refractivity contribution is 6.12. The summed E-state index contributed by atoms with van der Waals surface area (Å²) >= 11 is 0. The Morgan fingerprint density at radius 1 is 1.32 bits per heavy atom. The summed E-state index contributed by atoms with van der Waals surface area (Å²) in [5.41, 5.74) is 1.35. The molecule has 1 aromatic rings. The van der Waals surface area contributed by atoms with Gasteiger partial charge < -0.3 is 9.47 Å². The van der Waals surface area contributed by atoms with E-state index in [1.807, 2.05) is 13.8 Å². The molecule has 0 radical (unpaired) electrons. The lowest BCUT2D eigenvalue weighted by molar-refractivity contribution is -0.135. The van der Waals surface area contributed by atoms with E-state index in [0.29, 0.717) is 22.8 Å². The summed E-state index contributed by atoms with van der Waals surface area (Å²) in [6, 6.07) is 4.88. The normalized spacial score (nSPS) is 16.9. The van der Waals surface area contributed by atoms with Crippen LogP contribution in [0.2, 0.25) is 0 Å². The summed E-state index contributed by atoms with van der Waals surface area (Å²) in [4.78, 5) is 23.6. The van der Waals surface area contributed by atoms with Gasteiger partial charge in [-0.2, -0.15) is 0 Å². The van der Waals surface area contributed by atoms with E-state index in [0.717, 1.165) is 18.4 Å². The van der Waals surface area contributed by atoms with Crippen LogP contribution in [-0.4, -0.2) is 11.8 Å². The van der Waals surface area contributed by atoms with Gasteiger partial charge >= 0.3 is 5.97 Å². The number of Topliss-reactive ketones (excluding diaryl/α,β-unsaturated/α-hetero) is 1. The summed E-state index contributed by atoms with van der Waals surface area (Å²) in [7, 11) is 0. The predicted octanol–water partition coefficient (Wildman–Crippen LogP) is 2.87. The number of esters is 1. The SMILES string of the molecule is CC(C)=C1Oc2cc(OC(=O)C3CC3)ccc2C1=O. The highest BCUT2D eigenvalue weighted by Gasteiger charge is 2.33. The molecule has 0 N–H and O–H groups in total. The van der Waals surface area contributed by atoms with Gasteiger partial charge in [0.2, 0.25) is 5.78 Å². The van der Waals surface area contributed by atoms with E-state index in [4.69, 9.17) is 9.47 Å². The molecule has 4 heteroatoms. The van der Waals surface area contributed by atoms with Crippen molar-refractivity contribution in [1.82, 2.24) is 0 Å². The van der Waals surface area contributed by atoms with E-state index in [2.05, 4.69) is 0 Å². The van der Waals surface area contributed by atoms with Crippen molar-refractivity contribution in [2.24, 2.45) is 5.92 Å². The van der Waals surface area contributed by atoms with Crippen LogP contribution in [0.15, 0.2) is 29.5 Å². The molecule has 0 bridgehead atoms. The lowest BCUT2D eigenvalue weighted by Crippen LogP contribution is -2.09. The zero-order valence-electron chi connectivity index (χ0n) is 10.9. The minimum absolute atomic E-state index is 0.0455. The minimum Gasteiger partial charge on any atom is -0.452 e. The molecule has 1 aliphatic heterocycles. The van der Waals surface area contributed by atoms with Crippen LogP contribution in [0.4, 0.5) is 0 Å². The molecule has 4 nitrogen and oxygen atoms in total. The number of carbonyl (C=O) groups excluding carboxylic acids is 2. The Kier molecular flexibility index (Phi) is 2.66. The summed E-state index contributed by atoms with van der Waals surface area (Å²) in [6.07, 6.45) is 1.81. The fourth-order valence-corrected chi connectivity index (χ4v) is 1.96. The third kappa shape index (κ3) is 2.14. The maximum Gasteiger partial charge on any atom is 0.314 e. The number of benzene rings is 1. The van der Waals surface area contributed by atoms with Crippen LogP contribution in [-0.2, 0) is 4.79 Å². The van der Waals surface area contributed by atoms with Gasteiger partial charge in [-0.1, -0.05) is 0 Å². The van der Waals surface area contributed by atoms with Crippen LogP contribution in [0.5, 0.6) is 11.5 Å². The second-order valence-electron chi connectivity index (χ2n) is 5.11. The molecule has 1 aliphatic carbocycles. The zero-order chi connectivity index (χ0) is 13.6. The average Bonchev–Trinajstić information content (AvgIpc) is 3.15. The molecular weight excluding hydrogens is 244 g/mol. The summed E-state index contributed by atoms with van der Waals surface area (Å²) in [6.45, 7) is 3.65. The molecule has 0 aromatic heterocycles. The van der Waals surface area contributed by atoms with Gasteiger partial charge in [0.1, 0.15) is 11.5 Å². The number of fused-ring (bicyclic) bond motifs is 1. The highest BCUT2D eigenvalue weighted by Crippen LogP contribution is 2.36. The highest BCUT2D eigenvalue weighted by atomic mass is 16.5. The Morgan fingerprint density at radius 3 is 2.68 bits per heavy atom. The van der Waals surface area contributed by atoms with E-state index >= 15 is 0 Å². The van der Waals surface area contributed by atoms with Gasteiger partial charge in [0.15, 0.2) is 5.76 Å². The topological polar surface area (TPSA) is 52.6 Å². The van der Waals surface area contributed by atoms with Crippen LogP contribution < -0.4 is 9.47 Å². The molecule has 1 aromatic carbocycles. The summed E-state index contributed by atoms with van der Waals surface area (Å²) in [5.74, 6) is 0.979. The van der Waals surface area contributed by atoms with Crippen molar-refractivity contribution in [2.45, 2.75) is 26.7 Å². The Hall–Kier alpha value is -2.10. The van der Waals surface area contributed by atoms with Crippen molar-refractivity contribution in [3.05, 3.63) is 35.1 Å². The van der Waals surface area contributed by atoms with Crippen molar-refractivity contribution >= 4 is 11.8 Å². The number of ether oxygens (including phenoxy) is 2. The van der Waals surface area contributed by atoms with Crippen molar-refractivity contribution in [1.29, 1.82) is 0 Å². The molecule has 0 amide bonds. The van der Waals surface area contributed by atoms with Gasteiger partial charge in [0.05, 0.1) is 11.5 Å². The second-order valence-corrected chi connectivity index (χ2v) is 5.11. The van der Waals surface area contributed by atoms with Gasteiger partial charge in [-0.05, 0) is 44.4 Å². The van der Waals surface area contributed by atoms with Crippen molar-refractivity contribution in [2.75, 3.05) is 0 Å². The maximum absolute atomic E-state index is 12.0.